The lowest BCUT2D eigenvalue weighted by Gasteiger charge is -2.33. The zero-order valence-corrected chi connectivity index (χ0v) is 13.5. The molecule has 1 aliphatic rings. The molecule has 2 N–H and O–H groups in total. The van der Waals surface area contributed by atoms with Crippen molar-refractivity contribution in [3.8, 4) is 0 Å². The van der Waals surface area contributed by atoms with Crippen LogP contribution in [0.3, 0.4) is 0 Å². The normalized spacial score (nSPS) is 16.1. The third kappa shape index (κ3) is 2.82. The van der Waals surface area contributed by atoms with Gasteiger partial charge in [0.05, 0.1) is 26.2 Å². The maximum Gasteiger partial charge on any atom is 0.128 e. The van der Waals surface area contributed by atoms with Crippen molar-refractivity contribution in [3.05, 3.63) is 59.9 Å². The molecule has 4 nitrogen and oxygen atoms in total. The van der Waals surface area contributed by atoms with Crippen LogP contribution in [0.4, 0.5) is 5.82 Å². The van der Waals surface area contributed by atoms with E-state index in [9.17, 15) is 0 Å². The molecule has 0 amide bonds. The summed E-state index contributed by atoms with van der Waals surface area (Å²) in [5.41, 5.74) is 4.04. The van der Waals surface area contributed by atoms with E-state index in [-0.39, 0.29) is 0 Å². The van der Waals surface area contributed by atoms with Gasteiger partial charge in [-0.15, -0.1) is 0 Å². The summed E-state index contributed by atoms with van der Waals surface area (Å²) in [6.45, 7) is 7.78. The molecule has 0 radical (unpaired) electrons. The van der Waals surface area contributed by atoms with E-state index in [1.807, 2.05) is 12.3 Å². The van der Waals surface area contributed by atoms with E-state index in [2.05, 4.69) is 58.2 Å². The minimum Gasteiger partial charge on any atom is -0.358 e. The Kier molecular flexibility index (Phi) is 3.75. The number of aromatic nitrogens is 2. The highest BCUT2D eigenvalue weighted by Crippen LogP contribution is 2.21. The molecule has 2 aromatic heterocycles. The Balaban J connectivity index is 1.46. The van der Waals surface area contributed by atoms with Gasteiger partial charge < -0.3 is 14.8 Å². The monoisotopic (exact) mass is 307 g/mol. The van der Waals surface area contributed by atoms with Crippen LogP contribution in [0, 0.1) is 6.92 Å². The Bertz CT molecular complexity index is 785. The number of hydrogen-bond acceptors (Lipinski definition) is 2. The quantitative estimate of drug-likeness (QED) is 0.774. The SMILES string of the molecule is Cc1[nH]c2ccccc2c1C[NH+]1CCN(c2ccccn2)CC1. The number of para-hydroxylation sites is 1. The minimum atomic E-state index is 1.08. The van der Waals surface area contributed by atoms with Gasteiger partial charge in [0.15, 0.2) is 0 Å². The molecule has 1 aromatic carbocycles. The Morgan fingerprint density at radius 3 is 2.65 bits per heavy atom. The first kappa shape index (κ1) is 14.3. The van der Waals surface area contributed by atoms with Crippen molar-refractivity contribution in [2.24, 2.45) is 0 Å². The van der Waals surface area contributed by atoms with Gasteiger partial charge in [0.25, 0.3) is 0 Å². The Hall–Kier alpha value is -2.33. The summed E-state index contributed by atoms with van der Waals surface area (Å²) < 4.78 is 0. The van der Waals surface area contributed by atoms with E-state index in [4.69, 9.17) is 0 Å². The van der Waals surface area contributed by atoms with Crippen LogP contribution in [0.2, 0.25) is 0 Å². The van der Waals surface area contributed by atoms with Crippen LogP contribution >= 0.6 is 0 Å². The molecule has 0 aliphatic carbocycles. The molecule has 1 saturated heterocycles. The Morgan fingerprint density at radius 2 is 1.87 bits per heavy atom. The third-order valence-corrected chi connectivity index (χ3v) is 4.90. The number of hydrogen-bond donors (Lipinski definition) is 2. The number of nitrogens with one attached hydrogen (secondary N) is 2. The molecule has 23 heavy (non-hydrogen) atoms. The summed E-state index contributed by atoms with van der Waals surface area (Å²) in [5.74, 6) is 1.11. The van der Waals surface area contributed by atoms with Crippen molar-refractivity contribution in [2.45, 2.75) is 13.5 Å². The highest BCUT2D eigenvalue weighted by atomic mass is 15.3. The number of fused-ring (bicyclic) bond motifs is 1. The van der Waals surface area contributed by atoms with Gasteiger partial charge in [0, 0.05) is 28.4 Å². The van der Waals surface area contributed by atoms with Crippen molar-refractivity contribution < 1.29 is 4.90 Å². The Morgan fingerprint density at radius 1 is 1.09 bits per heavy atom. The molecule has 0 saturated carbocycles. The molecule has 0 spiro atoms. The van der Waals surface area contributed by atoms with E-state index in [1.165, 1.54) is 22.2 Å². The van der Waals surface area contributed by atoms with Crippen LogP contribution in [0.25, 0.3) is 10.9 Å². The number of piperazine rings is 1. The fourth-order valence-electron chi connectivity index (χ4n) is 3.58. The maximum atomic E-state index is 4.47. The molecule has 1 aliphatic heterocycles. The van der Waals surface area contributed by atoms with Crippen molar-refractivity contribution in [3.63, 3.8) is 0 Å². The second kappa shape index (κ2) is 6.05. The minimum absolute atomic E-state index is 1.08. The first-order valence-electron chi connectivity index (χ1n) is 8.37. The topological polar surface area (TPSA) is 36.4 Å². The summed E-state index contributed by atoms with van der Waals surface area (Å²) in [7, 11) is 0. The van der Waals surface area contributed by atoms with Crippen LogP contribution in [0.1, 0.15) is 11.3 Å². The van der Waals surface area contributed by atoms with Crippen LogP contribution in [0.5, 0.6) is 0 Å². The largest absolute Gasteiger partial charge is 0.358 e. The molecule has 4 rings (SSSR count). The van der Waals surface area contributed by atoms with E-state index < -0.39 is 0 Å². The molecule has 0 bridgehead atoms. The van der Waals surface area contributed by atoms with E-state index in [0.29, 0.717) is 0 Å². The number of pyridine rings is 1. The predicted molar refractivity (Wildman–Crippen MR) is 93.9 cm³/mol. The smallest absolute Gasteiger partial charge is 0.128 e. The summed E-state index contributed by atoms with van der Waals surface area (Å²) in [5, 5.41) is 1.38. The van der Waals surface area contributed by atoms with E-state index >= 15 is 0 Å². The van der Waals surface area contributed by atoms with Gasteiger partial charge in [-0.3, -0.25) is 0 Å². The summed E-state index contributed by atoms with van der Waals surface area (Å²) in [4.78, 5) is 12.0. The van der Waals surface area contributed by atoms with Crippen LogP contribution < -0.4 is 9.80 Å². The van der Waals surface area contributed by atoms with E-state index in [0.717, 1.165) is 38.5 Å². The maximum absolute atomic E-state index is 4.47. The first-order chi connectivity index (χ1) is 11.3. The number of H-pyrrole nitrogens is 1. The fraction of sp³-hybridized carbons (Fsp3) is 0.316. The number of rotatable bonds is 3. The number of anilines is 1. The number of aryl methyl sites for hydroxylation is 1. The van der Waals surface area contributed by atoms with Gasteiger partial charge in [-0.25, -0.2) is 4.98 Å². The Labute approximate surface area is 136 Å². The molecule has 0 atom stereocenters. The second-order valence-electron chi connectivity index (χ2n) is 6.38. The standard InChI is InChI=1S/C19H22N4/c1-15-17(16-6-2-3-7-18(16)21-15)14-22-10-12-23(13-11-22)19-8-4-5-9-20-19/h2-9,21H,10-14H2,1H3/p+1. The lowest BCUT2D eigenvalue weighted by atomic mass is 10.1. The zero-order chi connectivity index (χ0) is 15.6. The van der Waals surface area contributed by atoms with E-state index in [1.54, 1.807) is 4.90 Å². The average Bonchev–Trinajstić information content (AvgIpc) is 2.92. The molecular weight excluding hydrogens is 284 g/mol. The second-order valence-corrected chi connectivity index (χ2v) is 6.38. The summed E-state index contributed by atoms with van der Waals surface area (Å²) >= 11 is 0. The average molecular weight is 307 g/mol. The van der Waals surface area contributed by atoms with Crippen molar-refractivity contribution in [2.75, 3.05) is 31.1 Å². The van der Waals surface area contributed by atoms with Gasteiger partial charge in [-0.1, -0.05) is 24.3 Å². The molecule has 3 aromatic rings. The van der Waals surface area contributed by atoms with Crippen molar-refractivity contribution >= 4 is 16.7 Å². The van der Waals surface area contributed by atoms with Crippen LogP contribution in [0.15, 0.2) is 48.7 Å². The van der Waals surface area contributed by atoms with Gasteiger partial charge >= 0.3 is 0 Å². The van der Waals surface area contributed by atoms with Gasteiger partial charge in [0.1, 0.15) is 12.4 Å². The fourth-order valence-corrected chi connectivity index (χ4v) is 3.58. The highest BCUT2D eigenvalue weighted by molar-refractivity contribution is 5.84. The lowest BCUT2D eigenvalue weighted by Crippen LogP contribution is -3.13. The van der Waals surface area contributed by atoms with Crippen LogP contribution in [-0.4, -0.2) is 36.1 Å². The molecule has 118 valence electrons. The highest BCUT2D eigenvalue weighted by Gasteiger charge is 2.22. The zero-order valence-electron chi connectivity index (χ0n) is 13.5. The number of nitrogens with zero attached hydrogens (tertiary/aromatic N) is 2. The lowest BCUT2D eigenvalue weighted by molar-refractivity contribution is -0.914. The summed E-state index contributed by atoms with van der Waals surface area (Å²) in [6, 6.07) is 14.8. The number of aromatic amines is 1. The van der Waals surface area contributed by atoms with Gasteiger partial charge in [-0.2, -0.15) is 0 Å². The van der Waals surface area contributed by atoms with Crippen molar-refractivity contribution in [1.29, 1.82) is 0 Å². The molecule has 3 heterocycles. The van der Waals surface area contributed by atoms with Crippen LogP contribution in [-0.2, 0) is 6.54 Å². The molecule has 1 fully saturated rings. The number of benzene rings is 1. The first-order valence-corrected chi connectivity index (χ1v) is 8.37. The predicted octanol–water partition coefficient (Wildman–Crippen LogP) is 1.78. The number of quaternary nitrogens is 1. The van der Waals surface area contributed by atoms with Crippen molar-refractivity contribution in [1.82, 2.24) is 9.97 Å². The third-order valence-electron chi connectivity index (χ3n) is 4.90. The molecular formula is C19H23N4+. The summed E-state index contributed by atoms with van der Waals surface area (Å²) in [6.07, 6.45) is 1.88. The van der Waals surface area contributed by atoms with Gasteiger partial charge in [-0.05, 0) is 25.1 Å². The van der Waals surface area contributed by atoms with Gasteiger partial charge in [0.2, 0.25) is 0 Å². The molecule has 0 unspecified atom stereocenters. The molecule has 4 heteroatoms.